The lowest BCUT2D eigenvalue weighted by atomic mass is 9.69. The molecule has 92 valence electrons. The molecule has 1 aliphatic rings. The van der Waals surface area contributed by atoms with Crippen LogP contribution in [0.5, 0.6) is 5.75 Å². The lowest BCUT2D eigenvalue weighted by molar-refractivity contribution is -0.145. The van der Waals surface area contributed by atoms with E-state index in [2.05, 4.69) is 0 Å². The number of aliphatic carboxylic acids is 1. The topological polar surface area (TPSA) is 57.5 Å². The normalized spacial score (nSPS) is 18.9. The highest BCUT2D eigenvalue weighted by Crippen LogP contribution is 2.44. The number of benzene rings is 1. The van der Waals surface area contributed by atoms with Gasteiger partial charge in [-0.1, -0.05) is 30.9 Å². The molecule has 0 aromatic heterocycles. The Morgan fingerprint density at radius 1 is 1.24 bits per heavy atom. The molecule has 0 saturated heterocycles. The van der Waals surface area contributed by atoms with Crippen molar-refractivity contribution in [1.82, 2.24) is 0 Å². The second kappa shape index (κ2) is 4.57. The Labute approximate surface area is 105 Å². The Bertz CT molecular complexity index is 436. The van der Waals surface area contributed by atoms with Crippen LogP contribution in [0.4, 0.5) is 0 Å². The minimum Gasteiger partial charge on any atom is -0.508 e. The summed E-state index contributed by atoms with van der Waals surface area (Å²) < 4.78 is 0. The Hall–Kier alpha value is -1.22. The number of phenolic OH excluding ortho intramolecular Hbond substituents is 1. The number of hydrogen-bond donors (Lipinski definition) is 2. The summed E-state index contributed by atoms with van der Waals surface area (Å²) in [6.45, 7) is 0. The predicted molar refractivity (Wildman–Crippen MR) is 65.5 cm³/mol. The number of hydrogen-bond acceptors (Lipinski definition) is 2. The van der Waals surface area contributed by atoms with Crippen molar-refractivity contribution < 1.29 is 15.0 Å². The van der Waals surface area contributed by atoms with Gasteiger partial charge in [0.1, 0.15) is 5.75 Å². The first-order valence-corrected chi connectivity index (χ1v) is 6.16. The Kier molecular flexibility index (Phi) is 3.29. The van der Waals surface area contributed by atoms with Gasteiger partial charge in [-0.15, -0.1) is 0 Å². The predicted octanol–water partition coefficient (Wildman–Crippen LogP) is 3.33. The van der Waals surface area contributed by atoms with Crippen molar-refractivity contribution in [2.75, 3.05) is 0 Å². The van der Waals surface area contributed by atoms with Gasteiger partial charge in [-0.05, 0) is 31.0 Å². The minimum atomic E-state index is -0.965. The zero-order chi connectivity index (χ0) is 12.5. The second-order valence-corrected chi connectivity index (χ2v) is 5.05. The van der Waals surface area contributed by atoms with Crippen LogP contribution in [0.2, 0.25) is 5.02 Å². The fraction of sp³-hybridized carbons (Fsp3) is 0.462. The van der Waals surface area contributed by atoms with Gasteiger partial charge in [0.05, 0.1) is 5.41 Å². The molecule has 0 amide bonds. The van der Waals surface area contributed by atoms with Gasteiger partial charge in [-0.3, -0.25) is 4.79 Å². The maximum Gasteiger partial charge on any atom is 0.314 e. The van der Waals surface area contributed by atoms with Crippen molar-refractivity contribution in [3.05, 3.63) is 28.8 Å². The fourth-order valence-corrected chi connectivity index (χ4v) is 2.82. The van der Waals surface area contributed by atoms with Crippen LogP contribution in [-0.2, 0) is 10.2 Å². The van der Waals surface area contributed by atoms with Gasteiger partial charge >= 0.3 is 5.97 Å². The molecule has 1 saturated carbocycles. The number of carbonyl (C=O) groups is 1. The number of carboxylic acids is 1. The smallest absolute Gasteiger partial charge is 0.314 e. The summed E-state index contributed by atoms with van der Waals surface area (Å²) in [7, 11) is 0. The monoisotopic (exact) mass is 254 g/mol. The first-order valence-electron chi connectivity index (χ1n) is 5.79. The first-order chi connectivity index (χ1) is 8.06. The first kappa shape index (κ1) is 12.2. The minimum absolute atomic E-state index is 0.0266. The molecule has 0 heterocycles. The van der Waals surface area contributed by atoms with E-state index < -0.39 is 11.4 Å². The summed E-state index contributed by atoms with van der Waals surface area (Å²) in [5, 5.41) is 19.8. The number of rotatable bonds is 2. The Balaban J connectivity index is 2.52. The van der Waals surface area contributed by atoms with E-state index in [-0.39, 0.29) is 5.75 Å². The van der Waals surface area contributed by atoms with Crippen LogP contribution in [0.3, 0.4) is 0 Å². The van der Waals surface area contributed by atoms with Crippen LogP contribution in [0.15, 0.2) is 18.2 Å². The van der Waals surface area contributed by atoms with Crippen molar-refractivity contribution in [3.8, 4) is 5.75 Å². The summed E-state index contributed by atoms with van der Waals surface area (Å²) in [5.74, 6) is -0.839. The maximum atomic E-state index is 11.6. The third kappa shape index (κ3) is 2.12. The highest BCUT2D eigenvalue weighted by atomic mass is 35.5. The van der Waals surface area contributed by atoms with Gasteiger partial charge in [0.25, 0.3) is 0 Å². The van der Waals surface area contributed by atoms with Crippen molar-refractivity contribution in [3.63, 3.8) is 0 Å². The highest BCUT2D eigenvalue weighted by Gasteiger charge is 2.43. The van der Waals surface area contributed by atoms with E-state index >= 15 is 0 Å². The van der Waals surface area contributed by atoms with E-state index in [1.807, 2.05) is 0 Å². The van der Waals surface area contributed by atoms with Crippen LogP contribution in [0.1, 0.15) is 37.7 Å². The molecule has 0 aliphatic heterocycles. The molecule has 3 nitrogen and oxygen atoms in total. The number of phenols is 1. The van der Waals surface area contributed by atoms with Gasteiger partial charge in [0.2, 0.25) is 0 Å². The molecule has 0 spiro atoms. The zero-order valence-corrected chi connectivity index (χ0v) is 10.2. The van der Waals surface area contributed by atoms with Crippen LogP contribution in [-0.4, -0.2) is 16.2 Å². The second-order valence-electron chi connectivity index (χ2n) is 4.61. The SMILES string of the molecule is O=C(O)C1(c2cc(Cl)ccc2O)CCCCC1. The zero-order valence-electron chi connectivity index (χ0n) is 9.45. The maximum absolute atomic E-state index is 11.6. The van der Waals surface area contributed by atoms with Gasteiger partial charge in [-0.2, -0.15) is 0 Å². The van der Waals surface area contributed by atoms with E-state index in [0.29, 0.717) is 23.4 Å². The molecule has 0 bridgehead atoms. The number of halogens is 1. The Morgan fingerprint density at radius 2 is 1.88 bits per heavy atom. The molecule has 0 atom stereocenters. The number of carboxylic acid groups (broad SMARTS) is 1. The fourth-order valence-electron chi connectivity index (χ4n) is 2.65. The molecule has 17 heavy (non-hydrogen) atoms. The molecule has 2 N–H and O–H groups in total. The third-order valence-corrected chi connectivity index (χ3v) is 3.83. The Morgan fingerprint density at radius 3 is 2.47 bits per heavy atom. The molecule has 0 radical (unpaired) electrons. The molecule has 1 aliphatic carbocycles. The molecule has 1 aromatic carbocycles. The summed E-state index contributed by atoms with van der Waals surface area (Å²) >= 11 is 5.90. The number of aromatic hydroxyl groups is 1. The van der Waals surface area contributed by atoms with Crippen LogP contribution >= 0.6 is 11.6 Å². The largest absolute Gasteiger partial charge is 0.508 e. The van der Waals surface area contributed by atoms with E-state index in [1.54, 1.807) is 12.1 Å². The van der Waals surface area contributed by atoms with Crippen molar-refractivity contribution in [2.45, 2.75) is 37.5 Å². The van der Waals surface area contributed by atoms with Crippen LogP contribution in [0.25, 0.3) is 0 Å². The average Bonchev–Trinajstić information content (AvgIpc) is 2.33. The third-order valence-electron chi connectivity index (χ3n) is 3.59. The van der Waals surface area contributed by atoms with Gasteiger partial charge in [0, 0.05) is 10.6 Å². The van der Waals surface area contributed by atoms with Gasteiger partial charge in [0.15, 0.2) is 0 Å². The lowest BCUT2D eigenvalue weighted by Gasteiger charge is -2.34. The molecular formula is C13H15ClO3. The quantitative estimate of drug-likeness (QED) is 0.851. The molecule has 2 rings (SSSR count). The van der Waals surface area contributed by atoms with E-state index in [4.69, 9.17) is 11.6 Å². The van der Waals surface area contributed by atoms with Gasteiger partial charge in [-0.25, -0.2) is 0 Å². The van der Waals surface area contributed by atoms with Crippen molar-refractivity contribution in [1.29, 1.82) is 0 Å². The highest BCUT2D eigenvalue weighted by molar-refractivity contribution is 6.30. The molecule has 1 aromatic rings. The van der Waals surface area contributed by atoms with E-state index in [9.17, 15) is 15.0 Å². The summed E-state index contributed by atoms with van der Waals surface area (Å²) in [5.41, 5.74) is -0.509. The summed E-state index contributed by atoms with van der Waals surface area (Å²) in [6, 6.07) is 4.62. The van der Waals surface area contributed by atoms with Gasteiger partial charge < -0.3 is 10.2 Å². The molecular weight excluding hydrogens is 240 g/mol. The van der Waals surface area contributed by atoms with Crippen molar-refractivity contribution in [2.24, 2.45) is 0 Å². The van der Waals surface area contributed by atoms with E-state index in [1.165, 1.54) is 6.07 Å². The average molecular weight is 255 g/mol. The van der Waals surface area contributed by atoms with E-state index in [0.717, 1.165) is 19.3 Å². The summed E-state index contributed by atoms with van der Waals surface area (Å²) in [6.07, 6.45) is 3.93. The molecule has 1 fully saturated rings. The van der Waals surface area contributed by atoms with Crippen molar-refractivity contribution >= 4 is 17.6 Å². The standard InChI is InChI=1S/C13H15ClO3/c14-9-4-5-11(15)10(8-9)13(12(16)17)6-2-1-3-7-13/h4-5,8,15H,1-3,6-7H2,(H,16,17). The summed E-state index contributed by atoms with van der Waals surface area (Å²) in [4.78, 5) is 11.6. The lowest BCUT2D eigenvalue weighted by Crippen LogP contribution is -2.37. The van der Waals surface area contributed by atoms with Crippen LogP contribution in [0, 0.1) is 0 Å². The van der Waals surface area contributed by atoms with Crippen LogP contribution < -0.4 is 0 Å². The molecule has 4 heteroatoms. The molecule has 0 unspecified atom stereocenters.